The minimum atomic E-state index is -0.676. The number of rotatable bonds is 8. The summed E-state index contributed by atoms with van der Waals surface area (Å²) in [5, 5.41) is 11.0. The number of amides is 1. The number of benzene rings is 2. The van der Waals surface area contributed by atoms with E-state index in [0.717, 1.165) is 17.5 Å². The van der Waals surface area contributed by atoms with Crippen LogP contribution in [0.2, 0.25) is 0 Å². The molecule has 0 spiro atoms. The number of aliphatic hydroxyl groups is 1. The van der Waals surface area contributed by atoms with Gasteiger partial charge in [-0.15, -0.1) is 0 Å². The molecule has 0 aliphatic carbocycles. The van der Waals surface area contributed by atoms with E-state index in [-0.39, 0.29) is 11.3 Å². The number of carbonyl (C=O) groups is 2. The highest BCUT2D eigenvalue weighted by Gasteiger charge is 2.45. The number of carbonyl (C=O) groups excluding carboxylic acids is 2. The number of ketones is 1. The topological polar surface area (TPSA) is 76.1 Å². The minimum absolute atomic E-state index is 0.104. The summed E-state index contributed by atoms with van der Waals surface area (Å²) in [5.74, 6) is -0.778. The number of methoxy groups -OCH3 is 2. The lowest BCUT2D eigenvalue weighted by Gasteiger charge is -2.25. The van der Waals surface area contributed by atoms with Crippen molar-refractivity contribution in [2.45, 2.75) is 25.8 Å². The molecule has 158 valence electrons. The zero-order valence-electron chi connectivity index (χ0n) is 17.6. The predicted octanol–water partition coefficient (Wildman–Crippen LogP) is 3.72. The number of hydrogen-bond donors (Lipinski definition) is 1. The highest BCUT2D eigenvalue weighted by atomic mass is 16.5. The summed E-state index contributed by atoms with van der Waals surface area (Å²) in [7, 11) is 3.17. The van der Waals surface area contributed by atoms with E-state index < -0.39 is 17.7 Å². The highest BCUT2D eigenvalue weighted by Crippen LogP contribution is 2.39. The molecule has 1 saturated heterocycles. The number of aliphatic hydroxyl groups excluding tert-OH is 1. The van der Waals surface area contributed by atoms with Crippen molar-refractivity contribution in [2.75, 3.05) is 27.4 Å². The van der Waals surface area contributed by atoms with Crippen molar-refractivity contribution >= 4 is 17.4 Å². The zero-order chi connectivity index (χ0) is 21.7. The molecular weight excluding hydrogens is 382 g/mol. The monoisotopic (exact) mass is 409 g/mol. The smallest absolute Gasteiger partial charge is 0.295 e. The van der Waals surface area contributed by atoms with Gasteiger partial charge in [0.15, 0.2) is 0 Å². The van der Waals surface area contributed by atoms with E-state index in [1.54, 1.807) is 38.5 Å². The van der Waals surface area contributed by atoms with Crippen molar-refractivity contribution in [3.8, 4) is 5.75 Å². The molecule has 2 aromatic rings. The third-order valence-electron chi connectivity index (χ3n) is 5.35. The number of hydrogen-bond acceptors (Lipinski definition) is 5. The van der Waals surface area contributed by atoms with E-state index >= 15 is 0 Å². The second-order valence-corrected chi connectivity index (χ2v) is 7.16. The van der Waals surface area contributed by atoms with Gasteiger partial charge in [-0.1, -0.05) is 43.3 Å². The first-order valence-electron chi connectivity index (χ1n) is 10.0. The molecule has 1 heterocycles. The highest BCUT2D eigenvalue weighted by molar-refractivity contribution is 6.46. The molecule has 0 saturated carbocycles. The quantitative estimate of drug-likeness (QED) is 0.311. The van der Waals surface area contributed by atoms with Crippen LogP contribution in [-0.4, -0.2) is 49.1 Å². The van der Waals surface area contributed by atoms with Gasteiger partial charge in [0.05, 0.1) is 18.7 Å². The van der Waals surface area contributed by atoms with Gasteiger partial charge in [-0.25, -0.2) is 0 Å². The van der Waals surface area contributed by atoms with Gasteiger partial charge in [-0.05, 0) is 36.1 Å². The third-order valence-corrected chi connectivity index (χ3v) is 5.35. The Morgan fingerprint density at radius 2 is 1.70 bits per heavy atom. The Balaban J connectivity index is 2.08. The third kappa shape index (κ3) is 4.24. The molecule has 1 N–H and O–H groups in total. The lowest BCUT2D eigenvalue weighted by Crippen LogP contribution is -2.31. The molecule has 0 bridgehead atoms. The first-order chi connectivity index (χ1) is 14.5. The summed E-state index contributed by atoms with van der Waals surface area (Å²) in [4.78, 5) is 27.3. The summed E-state index contributed by atoms with van der Waals surface area (Å²) in [6, 6.07) is 13.9. The Bertz CT molecular complexity index is 931. The van der Waals surface area contributed by atoms with E-state index in [9.17, 15) is 14.7 Å². The van der Waals surface area contributed by atoms with Gasteiger partial charge in [0.1, 0.15) is 11.5 Å². The molecule has 2 aromatic carbocycles. The normalized spacial score (nSPS) is 18.1. The van der Waals surface area contributed by atoms with Crippen molar-refractivity contribution < 1.29 is 24.2 Å². The molecule has 1 amide bonds. The summed E-state index contributed by atoms with van der Waals surface area (Å²) in [6.45, 7) is 2.86. The molecule has 1 aliphatic heterocycles. The maximum atomic E-state index is 12.9. The molecule has 6 nitrogen and oxygen atoms in total. The van der Waals surface area contributed by atoms with Crippen molar-refractivity contribution in [1.82, 2.24) is 4.90 Å². The fourth-order valence-electron chi connectivity index (χ4n) is 3.68. The fraction of sp³-hybridized carbons (Fsp3) is 0.333. The average molecular weight is 409 g/mol. The first-order valence-corrected chi connectivity index (χ1v) is 10.0. The molecule has 1 aliphatic rings. The van der Waals surface area contributed by atoms with Crippen LogP contribution in [0.3, 0.4) is 0 Å². The Labute approximate surface area is 176 Å². The van der Waals surface area contributed by atoms with Crippen LogP contribution >= 0.6 is 0 Å². The van der Waals surface area contributed by atoms with E-state index in [4.69, 9.17) is 9.47 Å². The van der Waals surface area contributed by atoms with Crippen LogP contribution in [0.1, 0.15) is 36.1 Å². The van der Waals surface area contributed by atoms with Gasteiger partial charge in [-0.3, -0.25) is 9.59 Å². The Hall–Kier alpha value is -3.12. The van der Waals surface area contributed by atoms with Crippen LogP contribution in [0.15, 0.2) is 54.1 Å². The van der Waals surface area contributed by atoms with Crippen molar-refractivity contribution in [3.63, 3.8) is 0 Å². The second-order valence-electron chi connectivity index (χ2n) is 7.16. The van der Waals surface area contributed by atoms with Crippen LogP contribution in [0.5, 0.6) is 5.75 Å². The van der Waals surface area contributed by atoms with Crippen LogP contribution in [-0.2, 0) is 20.7 Å². The molecule has 1 unspecified atom stereocenters. The summed E-state index contributed by atoms with van der Waals surface area (Å²) in [6.07, 6.45) is 1.46. The summed E-state index contributed by atoms with van der Waals surface area (Å²) < 4.78 is 10.3. The van der Waals surface area contributed by atoms with E-state index in [1.807, 2.05) is 31.2 Å². The number of Topliss-reactive ketones (excluding diaryl/α,β-unsaturated/α-hetero) is 1. The summed E-state index contributed by atoms with van der Waals surface area (Å²) in [5.41, 5.74) is 2.48. The molecule has 0 aromatic heterocycles. The Morgan fingerprint density at radius 1 is 1.03 bits per heavy atom. The predicted molar refractivity (Wildman–Crippen MR) is 114 cm³/mol. The fourth-order valence-corrected chi connectivity index (χ4v) is 3.68. The average Bonchev–Trinajstić information content (AvgIpc) is 3.04. The summed E-state index contributed by atoms with van der Waals surface area (Å²) >= 11 is 0. The van der Waals surface area contributed by atoms with Crippen molar-refractivity contribution in [2.24, 2.45) is 0 Å². The van der Waals surface area contributed by atoms with Gasteiger partial charge in [0, 0.05) is 25.8 Å². The lowest BCUT2D eigenvalue weighted by atomic mass is 9.95. The molecule has 30 heavy (non-hydrogen) atoms. The molecular formula is C24H27NO5. The van der Waals surface area contributed by atoms with E-state index in [2.05, 4.69) is 0 Å². The van der Waals surface area contributed by atoms with Gasteiger partial charge in [0.2, 0.25) is 0 Å². The zero-order valence-corrected chi connectivity index (χ0v) is 17.6. The first kappa shape index (κ1) is 21.6. The van der Waals surface area contributed by atoms with Crippen LogP contribution in [0.4, 0.5) is 0 Å². The molecule has 6 heteroatoms. The number of ether oxygens (including phenoxy) is 2. The van der Waals surface area contributed by atoms with Crippen molar-refractivity contribution in [1.29, 1.82) is 0 Å². The van der Waals surface area contributed by atoms with Crippen molar-refractivity contribution in [3.05, 3.63) is 70.8 Å². The standard InChI is InChI=1S/C24H27NO5/c1-4-16-6-8-18(9-7-16)22(26)20-21(17-10-12-19(30-3)13-11-17)25(14-5-15-29-2)24(28)23(20)27/h6-13,21,26H,4-5,14-15H2,1-3H3/b22-20-. The van der Waals surface area contributed by atoms with Gasteiger partial charge in [-0.2, -0.15) is 0 Å². The van der Waals surface area contributed by atoms with Crippen LogP contribution < -0.4 is 4.74 Å². The maximum Gasteiger partial charge on any atom is 0.295 e. The van der Waals surface area contributed by atoms with E-state index in [0.29, 0.717) is 30.9 Å². The number of nitrogens with zero attached hydrogens (tertiary/aromatic N) is 1. The van der Waals surface area contributed by atoms with Gasteiger partial charge >= 0.3 is 0 Å². The molecule has 1 fully saturated rings. The molecule has 0 radical (unpaired) electrons. The van der Waals surface area contributed by atoms with Crippen LogP contribution in [0, 0.1) is 0 Å². The van der Waals surface area contributed by atoms with Crippen LogP contribution in [0.25, 0.3) is 5.76 Å². The van der Waals surface area contributed by atoms with Gasteiger partial charge < -0.3 is 19.5 Å². The Morgan fingerprint density at radius 3 is 2.27 bits per heavy atom. The Kier molecular flexibility index (Phi) is 6.90. The lowest BCUT2D eigenvalue weighted by molar-refractivity contribution is -0.140. The second kappa shape index (κ2) is 9.59. The molecule has 1 atom stereocenters. The van der Waals surface area contributed by atoms with E-state index in [1.165, 1.54) is 4.90 Å². The molecule has 3 rings (SSSR count). The SMILES string of the molecule is CCc1ccc(/C(O)=C2/C(=O)C(=O)N(CCCOC)C2c2ccc(OC)cc2)cc1. The largest absolute Gasteiger partial charge is 0.507 e. The minimum Gasteiger partial charge on any atom is -0.507 e. The van der Waals surface area contributed by atoms with Gasteiger partial charge in [0.25, 0.3) is 11.7 Å². The maximum absolute atomic E-state index is 12.9. The number of likely N-dealkylation sites (tertiary alicyclic amines) is 1. The number of aryl methyl sites for hydroxylation is 1.